The largest absolute Gasteiger partial charge is 0.332 e. The minimum Gasteiger partial charge on any atom is -0.314 e. The first-order valence-electron chi connectivity index (χ1n) is 11.5. The Bertz CT molecular complexity index is 1460. The molecule has 3 aromatic rings. The van der Waals surface area contributed by atoms with Crippen molar-refractivity contribution in [2.75, 3.05) is 18.0 Å². The van der Waals surface area contributed by atoms with E-state index in [0.717, 1.165) is 35.3 Å². The zero-order valence-corrected chi connectivity index (χ0v) is 20.8. The molecule has 0 saturated carbocycles. The molecule has 4 heterocycles. The number of carbonyl (C=O) groups is 1. The molecule has 2 aliphatic heterocycles. The summed E-state index contributed by atoms with van der Waals surface area (Å²) in [5.74, 6) is 0.350. The van der Waals surface area contributed by atoms with Crippen molar-refractivity contribution in [3.63, 3.8) is 0 Å². The Balaban J connectivity index is 0.00000289. The third kappa shape index (κ3) is 4.26. The maximum atomic E-state index is 13.7. The van der Waals surface area contributed by atoms with Gasteiger partial charge in [0.25, 0.3) is 5.56 Å². The SMILES string of the molecule is CC(C)=CCn1c(N2CCC3NCC=C32)nc2c1c(=O)n(CC(=O)c1ccccc1)c(=O)n2C.Cl. The number of Topliss-reactive ketones (excluding diaryl/α,β-unsaturated/α-hetero) is 1. The summed E-state index contributed by atoms with van der Waals surface area (Å²) in [5, 5.41) is 3.46. The number of hydrogen-bond donors (Lipinski definition) is 1. The van der Waals surface area contributed by atoms with E-state index in [9.17, 15) is 14.4 Å². The van der Waals surface area contributed by atoms with Gasteiger partial charge < -0.3 is 14.8 Å². The number of rotatable bonds is 6. The number of nitrogens with zero attached hydrogens (tertiary/aromatic N) is 5. The van der Waals surface area contributed by atoms with Crippen molar-refractivity contribution < 1.29 is 4.79 Å². The van der Waals surface area contributed by atoms with Crippen LogP contribution in [0.4, 0.5) is 5.95 Å². The van der Waals surface area contributed by atoms with Crippen molar-refractivity contribution >= 4 is 35.3 Å². The van der Waals surface area contributed by atoms with Gasteiger partial charge in [-0.2, -0.15) is 4.98 Å². The second-order valence-corrected chi connectivity index (χ2v) is 9.03. The topological polar surface area (TPSA) is 94.2 Å². The number of anilines is 1. The van der Waals surface area contributed by atoms with Crippen LogP contribution in [-0.2, 0) is 20.1 Å². The highest BCUT2D eigenvalue weighted by molar-refractivity contribution is 5.96. The molecule has 10 heteroatoms. The number of halogens is 1. The van der Waals surface area contributed by atoms with E-state index in [1.165, 1.54) is 4.57 Å². The summed E-state index contributed by atoms with van der Waals surface area (Å²) in [5.41, 5.74) is 2.31. The molecule has 0 bridgehead atoms. The molecule has 1 atom stereocenters. The molecule has 1 unspecified atom stereocenters. The Morgan fingerprint density at radius 3 is 2.63 bits per heavy atom. The van der Waals surface area contributed by atoms with Gasteiger partial charge in [-0.15, -0.1) is 12.4 Å². The lowest BCUT2D eigenvalue weighted by molar-refractivity contribution is 0.0969. The molecular formula is C25H29ClN6O3. The summed E-state index contributed by atoms with van der Waals surface area (Å²) < 4.78 is 4.26. The predicted octanol–water partition coefficient (Wildman–Crippen LogP) is 2.23. The monoisotopic (exact) mass is 496 g/mol. The van der Waals surface area contributed by atoms with Crippen molar-refractivity contribution in [3.05, 3.63) is 80.2 Å². The zero-order valence-electron chi connectivity index (χ0n) is 20.0. The number of aromatic nitrogens is 4. The number of nitrogens with one attached hydrogen (secondary N) is 1. The Morgan fingerprint density at radius 2 is 1.91 bits per heavy atom. The van der Waals surface area contributed by atoms with Gasteiger partial charge in [-0.05, 0) is 26.3 Å². The third-order valence-electron chi connectivity index (χ3n) is 6.52. The van der Waals surface area contributed by atoms with Crippen LogP contribution in [0, 0.1) is 0 Å². The number of hydrogen-bond acceptors (Lipinski definition) is 6. The molecule has 5 rings (SSSR count). The van der Waals surface area contributed by atoms with Crippen molar-refractivity contribution in [3.8, 4) is 0 Å². The third-order valence-corrected chi connectivity index (χ3v) is 6.52. The van der Waals surface area contributed by atoms with E-state index < -0.39 is 11.2 Å². The Kier molecular flexibility index (Phi) is 6.82. The van der Waals surface area contributed by atoms with Gasteiger partial charge in [0.2, 0.25) is 5.95 Å². The van der Waals surface area contributed by atoms with Gasteiger partial charge in [0.05, 0.1) is 6.54 Å². The fourth-order valence-electron chi connectivity index (χ4n) is 4.71. The molecular weight excluding hydrogens is 468 g/mol. The lowest BCUT2D eigenvalue weighted by Crippen LogP contribution is -2.41. The summed E-state index contributed by atoms with van der Waals surface area (Å²) in [4.78, 5) is 46.6. The maximum absolute atomic E-state index is 13.7. The van der Waals surface area contributed by atoms with Gasteiger partial charge in [0, 0.05) is 44.0 Å². The standard InChI is InChI=1S/C25H28N6O3.ClH/c1-16(2)10-13-30-21-22(27-24(30)29-14-11-18-19(29)9-12-26-18)28(3)25(34)31(23(21)33)15-20(32)17-7-5-4-6-8-17;/h4-10,18,26H,11-15H2,1-3H3;1H. The molecule has 1 fully saturated rings. The van der Waals surface area contributed by atoms with E-state index in [-0.39, 0.29) is 30.8 Å². The van der Waals surface area contributed by atoms with Gasteiger partial charge in [0.1, 0.15) is 0 Å². The number of benzene rings is 1. The smallest absolute Gasteiger partial charge is 0.314 e. The molecule has 2 aliphatic rings. The average molecular weight is 497 g/mol. The molecule has 184 valence electrons. The van der Waals surface area contributed by atoms with Crippen molar-refractivity contribution in [2.24, 2.45) is 7.05 Å². The van der Waals surface area contributed by atoms with Crippen LogP contribution in [0.2, 0.25) is 0 Å². The molecule has 0 radical (unpaired) electrons. The highest BCUT2D eigenvalue weighted by Gasteiger charge is 2.34. The molecule has 9 nitrogen and oxygen atoms in total. The highest BCUT2D eigenvalue weighted by atomic mass is 35.5. The number of carbonyl (C=O) groups excluding carboxylic acids is 1. The number of allylic oxidation sites excluding steroid dienone is 2. The minimum absolute atomic E-state index is 0. The first kappa shape index (κ1) is 24.7. The van der Waals surface area contributed by atoms with Gasteiger partial charge in [0.15, 0.2) is 16.9 Å². The van der Waals surface area contributed by atoms with Crippen LogP contribution >= 0.6 is 12.4 Å². The lowest BCUT2D eigenvalue weighted by atomic mass is 10.1. The molecule has 0 spiro atoms. The van der Waals surface area contributed by atoms with Gasteiger partial charge in [-0.25, -0.2) is 4.79 Å². The Morgan fingerprint density at radius 1 is 1.17 bits per heavy atom. The Labute approximate surface area is 208 Å². The van der Waals surface area contributed by atoms with E-state index in [4.69, 9.17) is 4.98 Å². The fraction of sp³-hybridized carbons (Fsp3) is 0.360. The molecule has 1 aromatic carbocycles. The predicted molar refractivity (Wildman–Crippen MR) is 139 cm³/mol. The molecule has 1 saturated heterocycles. The van der Waals surface area contributed by atoms with Crippen LogP contribution < -0.4 is 21.5 Å². The van der Waals surface area contributed by atoms with Crippen LogP contribution in [0.1, 0.15) is 30.6 Å². The number of fused-ring (bicyclic) bond motifs is 2. The lowest BCUT2D eigenvalue weighted by Gasteiger charge is -2.20. The average Bonchev–Trinajstić information content (AvgIpc) is 3.54. The minimum atomic E-state index is -0.554. The van der Waals surface area contributed by atoms with Crippen LogP contribution in [0.25, 0.3) is 11.2 Å². The van der Waals surface area contributed by atoms with E-state index in [0.29, 0.717) is 29.2 Å². The van der Waals surface area contributed by atoms with E-state index >= 15 is 0 Å². The summed E-state index contributed by atoms with van der Waals surface area (Å²) in [6, 6.07) is 8.97. The normalized spacial score (nSPS) is 16.7. The van der Waals surface area contributed by atoms with Crippen LogP contribution in [-0.4, -0.2) is 43.6 Å². The first-order chi connectivity index (χ1) is 16.4. The van der Waals surface area contributed by atoms with Gasteiger partial charge >= 0.3 is 5.69 Å². The second kappa shape index (κ2) is 9.67. The second-order valence-electron chi connectivity index (χ2n) is 9.03. The van der Waals surface area contributed by atoms with Crippen LogP contribution in [0.5, 0.6) is 0 Å². The summed E-state index contributed by atoms with van der Waals surface area (Å²) >= 11 is 0. The Hall–Kier alpha value is -3.43. The highest BCUT2D eigenvalue weighted by Crippen LogP contribution is 2.31. The number of imidazole rings is 1. The van der Waals surface area contributed by atoms with Crippen molar-refractivity contribution in [2.45, 2.75) is 39.4 Å². The first-order valence-corrected chi connectivity index (χ1v) is 11.5. The van der Waals surface area contributed by atoms with E-state index in [1.807, 2.05) is 30.6 Å². The van der Waals surface area contributed by atoms with Crippen molar-refractivity contribution in [1.29, 1.82) is 0 Å². The molecule has 0 amide bonds. The van der Waals surface area contributed by atoms with Crippen LogP contribution in [0.15, 0.2) is 63.3 Å². The summed E-state index contributed by atoms with van der Waals surface area (Å²) in [6.45, 7) is 5.70. The molecule has 0 aliphatic carbocycles. The van der Waals surface area contributed by atoms with E-state index in [1.54, 1.807) is 31.3 Å². The molecule has 35 heavy (non-hydrogen) atoms. The summed E-state index contributed by atoms with van der Waals surface area (Å²) in [7, 11) is 1.60. The maximum Gasteiger partial charge on any atom is 0.332 e. The summed E-state index contributed by atoms with van der Waals surface area (Å²) in [6.07, 6.45) is 5.13. The molecule has 2 aromatic heterocycles. The van der Waals surface area contributed by atoms with E-state index in [2.05, 4.69) is 16.3 Å². The number of ketones is 1. The van der Waals surface area contributed by atoms with Crippen molar-refractivity contribution in [1.82, 2.24) is 24.0 Å². The van der Waals surface area contributed by atoms with Gasteiger partial charge in [-0.3, -0.25) is 18.7 Å². The number of aryl methyl sites for hydroxylation is 1. The molecule has 1 N–H and O–H groups in total. The van der Waals surface area contributed by atoms with Gasteiger partial charge in [-0.1, -0.05) is 42.0 Å². The zero-order chi connectivity index (χ0) is 24.0. The van der Waals surface area contributed by atoms with Crippen LogP contribution in [0.3, 0.4) is 0 Å². The quantitative estimate of drug-likeness (QED) is 0.415. The fourth-order valence-corrected chi connectivity index (χ4v) is 4.71.